The lowest BCUT2D eigenvalue weighted by atomic mass is 9.70. The third kappa shape index (κ3) is 4.00. The van der Waals surface area contributed by atoms with Gasteiger partial charge >= 0.3 is 0 Å². The van der Waals surface area contributed by atoms with Gasteiger partial charge in [0, 0.05) is 39.2 Å². The smallest absolute Gasteiger partial charge is 0.223 e. The third-order valence-corrected chi connectivity index (χ3v) is 5.70. The Labute approximate surface area is 153 Å². The number of benzene rings is 1. The Hall–Kier alpha value is -1.70. The number of rotatable bonds is 6. The van der Waals surface area contributed by atoms with Crippen LogP contribution in [0.3, 0.4) is 0 Å². The van der Waals surface area contributed by atoms with Gasteiger partial charge in [0.1, 0.15) is 5.82 Å². The summed E-state index contributed by atoms with van der Waals surface area (Å²) in [6.07, 6.45) is 2.28. The minimum absolute atomic E-state index is 0.0411. The summed E-state index contributed by atoms with van der Waals surface area (Å²) in [4.78, 5) is 14.2. The van der Waals surface area contributed by atoms with Crippen LogP contribution >= 0.6 is 0 Å². The minimum atomic E-state index is -0.363. The number of halogens is 1. The van der Waals surface area contributed by atoms with E-state index >= 15 is 0 Å². The van der Waals surface area contributed by atoms with Gasteiger partial charge < -0.3 is 25.8 Å². The van der Waals surface area contributed by atoms with E-state index in [9.17, 15) is 14.3 Å². The molecule has 2 aliphatic rings. The standard InChI is InChI=1S/C19H28FN3O3/c1-26-19(12-21)9-14(10-19)18(25)22-11-13-2-3-17(16(20)8-13)23-6-4-15(24)5-7-23/h2-3,8,14-15,24H,4-7,9-12,21H2,1H3,(H,22,25). The van der Waals surface area contributed by atoms with Crippen LogP contribution < -0.4 is 16.0 Å². The molecule has 144 valence electrons. The van der Waals surface area contributed by atoms with E-state index in [1.165, 1.54) is 6.07 Å². The number of carbonyl (C=O) groups excluding carboxylic acids is 1. The molecule has 4 N–H and O–H groups in total. The average Bonchev–Trinajstić information content (AvgIpc) is 2.61. The highest BCUT2D eigenvalue weighted by molar-refractivity contribution is 5.80. The van der Waals surface area contributed by atoms with Gasteiger partial charge in [-0.05, 0) is 43.4 Å². The van der Waals surface area contributed by atoms with Gasteiger partial charge in [-0.15, -0.1) is 0 Å². The third-order valence-electron chi connectivity index (χ3n) is 5.70. The lowest BCUT2D eigenvalue weighted by Crippen LogP contribution is -2.55. The van der Waals surface area contributed by atoms with Crippen LogP contribution in [0.1, 0.15) is 31.2 Å². The SMILES string of the molecule is COC1(CN)CC(C(=O)NCc2ccc(N3CCC(O)CC3)c(F)c2)C1. The lowest BCUT2D eigenvalue weighted by molar-refractivity contribution is -0.145. The van der Waals surface area contributed by atoms with Gasteiger partial charge in [-0.2, -0.15) is 0 Å². The van der Waals surface area contributed by atoms with E-state index in [0.29, 0.717) is 57.5 Å². The largest absolute Gasteiger partial charge is 0.393 e. The van der Waals surface area contributed by atoms with Crippen LogP contribution in [0.15, 0.2) is 18.2 Å². The Kier molecular flexibility index (Phi) is 5.79. The van der Waals surface area contributed by atoms with E-state index in [2.05, 4.69) is 5.32 Å². The highest BCUT2D eigenvalue weighted by atomic mass is 19.1. The number of carbonyl (C=O) groups is 1. The Balaban J connectivity index is 1.51. The molecule has 1 saturated carbocycles. The van der Waals surface area contributed by atoms with Crippen molar-refractivity contribution in [1.29, 1.82) is 0 Å². The molecule has 1 aromatic carbocycles. The molecule has 1 saturated heterocycles. The van der Waals surface area contributed by atoms with Gasteiger partial charge in [-0.1, -0.05) is 6.07 Å². The first-order chi connectivity index (χ1) is 12.5. The molecule has 1 aliphatic heterocycles. The number of hydrogen-bond acceptors (Lipinski definition) is 5. The maximum atomic E-state index is 14.4. The molecule has 2 fully saturated rings. The van der Waals surface area contributed by atoms with Crippen molar-refractivity contribution in [1.82, 2.24) is 5.32 Å². The lowest BCUT2D eigenvalue weighted by Gasteiger charge is -2.44. The molecule has 1 aromatic rings. The number of amides is 1. The first-order valence-corrected chi connectivity index (χ1v) is 9.21. The summed E-state index contributed by atoms with van der Waals surface area (Å²) < 4.78 is 19.8. The fourth-order valence-electron chi connectivity index (χ4n) is 3.80. The van der Waals surface area contributed by atoms with Crippen molar-refractivity contribution >= 4 is 11.6 Å². The van der Waals surface area contributed by atoms with E-state index in [0.717, 1.165) is 5.56 Å². The normalized spacial score (nSPS) is 26.5. The Morgan fingerprint density at radius 3 is 2.69 bits per heavy atom. The number of hydrogen-bond donors (Lipinski definition) is 3. The summed E-state index contributed by atoms with van der Waals surface area (Å²) in [6, 6.07) is 5.06. The number of nitrogens with two attached hydrogens (primary N) is 1. The molecule has 0 spiro atoms. The first kappa shape index (κ1) is 19.1. The summed E-state index contributed by atoms with van der Waals surface area (Å²) in [6.45, 7) is 2.01. The van der Waals surface area contributed by atoms with Gasteiger partial charge in [0.05, 0.1) is 17.4 Å². The summed E-state index contributed by atoms with van der Waals surface area (Å²) in [5.41, 5.74) is 6.61. The van der Waals surface area contributed by atoms with Gasteiger partial charge in [-0.25, -0.2) is 4.39 Å². The fraction of sp³-hybridized carbons (Fsp3) is 0.632. The van der Waals surface area contributed by atoms with Gasteiger partial charge in [-0.3, -0.25) is 4.79 Å². The van der Waals surface area contributed by atoms with Crippen molar-refractivity contribution in [3.05, 3.63) is 29.6 Å². The average molecular weight is 365 g/mol. The van der Waals surface area contributed by atoms with Gasteiger partial charge in [0.2, 0.25) is 5.91 Å². The second-order valence-corrected chi connectivity index (χ2v) is 7.42. The predicted molar refractivity (Wildman–Crippen MR) is 97.2 cm³/mol. The van der Waals surface area contributed by atoms with Crippen LogP contribution in [0, 0.1) is 11.7 Å². The molecule has 7 heteroatoms. The molecule has 3 rings (SSSR count). The van der Waals surface area contributed by atoms with E-state index < -0.39 is 0 Å². The van der Waals surface area contributed by atoms with Crippen LogP contribution in [0.4, 0.5) is 10.1 Å². The summed E-state index contributed by atoms with van der Waals surface area (Å²) >= 11 is 0. The molecular weight excluding hydrogens is 337 g/mol. The molecule has 0 radical (unpaired) electrons. The highest BCUT2D eigenvalue weighted by Gasteiger charge is 2.46. The Bertz CT molecular complexity index is 635. The summed E-state index contributed by atoms with van der Waals surface area (Å²) in [5.74, 6) is -0.429. The zero-order valence-corrected chi connectivity index (χ0v) is 15.2. The minimum Gasteiger partial charge on any atom is -0.393 e. The predicted octanol–water partition coefficient (Wildman–Crippen LogP) is 1.16. The van der Waals surface area contributed by atoms with Crippen molar-refractivity contribution in [3.8, 4) is 0 Å². The van der Waals surface area contributed by atoms with Crippen LogP contribution in [0.5, 0.6) is 0 Å². The molecule has 1 heterocycles. The van der Waals surface area contributed by atoms with Gasteiger partial charge in [0.15, 0.2) is 0 Å². The highest BCUT2D eigenvalue weighted by Crippen LogP contribution is 2.39. The van der Waals surface area contributed by atoms with Crippen molar-refractivity contribution in [2.24, 2.45) is 11.7 Å². The summed E-state index contributed by atoms with van der Waals surface area (Å²) in [7, 11) is 1.62. The van der Waals surface area contributed by atoms with Crippen molar-refractivity contribution < 1.29 is 19.0 Å². The van der Waals surface area contributed by atoms with Gasteiger partial charge in [0.25, 0.3) is 0 Å². The molecule has 0 aromatic heterocycles. The fourth-order valence-corrected chi connectivity index (χ4v) is 3.80. The molecule has 26 heavy (non-hydrogen) atoms. The van der Waals surface area contributed by atoms with E-state index in [4.69, 9.17) is 10.5 Å². The molecule has 1 aliphatic carbocycles. The van der Waals surface area contributed by atoms with E-state index in [1.54, 1.807) is 13.2 Å². The number of nitrogens with zero attached hydrogens (tertiary/aromatic N) is 1. The Morgan fingerprint density at radius 2 is 2.12 bits per heavy atom. The van der Waals surface area contributed by atoms with Crippen molar-refractivity contribution in [2.75, 3.05) is 31.6 Å². The molecule has 0 bridgehead atoms. The molecule has 1 amide bonds. The number of anilines is 1. The summed E-state index contributed by atoms with van der Waals surface area (Å²) in [5, 5.41) is 12.4. The molecular formula is C19H28FN3O3. The van der Waals surface area contributed by atoms with Crippen molar-refractivity contribution in [3.63, 3.8) is 0 Å². The quantitative estimate of drug-likeness (QED) is 0.704. The van der Waals surface area contributed by atoms with E-state index in [-0.39, 0.29) is 29.3 Å². The number of methoxy groups -OCH3 is 1. The second kappa shape index (κ2) is 7.90. The maximum Gasteiger partial charge on any atom is 0.223 e. The number of aliphatic hydroxyl groups excluding tert-OH is 1. The zero-order chi connectivity index (χ0) is 18.7. The van der Waals surface area contributed by atoms with Crippen LogP contribution in [0.2, 0.25) is 0 Å². The van der Waals surface area contributed by atoms with Crippen LogP contribution in [-0.4, -0.2) is 49.5 Å². The van der Waals surface area contributed by atoms with Crippen LogP contribution in [-0.2, 0) is 16.1 Å². The first-order valence-electron chi connectivity index (χ1n) is 9.21. The Morgan fingerprint density at radius 1 is 1.42 bits per heavy atom. The van der Waals surface area contributed by atoms with Crippen LogP contribution in [0.25, 0.3) is 0 Å². The molecule has 6 nitrogen and oxygen atoms in total. The van der Waals surface area contributed by atoms with Crippen molar-refractivity contribution in [2.45, 2.75) is 43.9 Å². The number of piperidine rings is 1. The maximum absolute atomic E-state index is 14.4. The second-order valence-electron chi connectivity index (χ2n) is 7.42. The molecule has 0 atom stereocenters. The monoisotopic (exact) mass is 365 g/mol. The number of nitrogens with one attached hydrogen (secondary N) is 1. The van der Waals surface area contributed by atoms with E-state index in [1.807, 2.05) is 11.0 Å². The topological polar surface area (TPSA) is 87.8 Å². The zero-order valence-electron chi connectivity index (χ0n) is 15.2. The molecule has 0 unspecified atom stereocenters. The number of aliphatic hydroxyl groups is 1. The number of ether oxygens (including phenoxy) is 1.